The van der Waals surface area contributed by atoms with E-state index in [1.807, 2.05) is 0 Å². The third-order valence-corrected chi connectivity index (χ3v) is 4.47. The molecule has 1 saturated heterocycles. The number of nitrogens with two attached hydrogens (primary N) is 1. The summed E-state index contributed by atoms with van der Waals surface area (Å²) in [7, 11) is -3.72. The molecule has 1 aliphatic rings. The summed E-state index contributed by atoms with van der Waals surface area (Å²) in [5.41, 5.74) is 0.720. The highest BCUT2D eigenvalue weighted by Crippen LogP contribution is 2.09. The van der Waals surface area contributed by atoms with Crippen molar-refractivity contribution in [2.75, 3.05) is 6.54 Å². The average molecular weight is 340 g/mol. The van der Waals surface area contributed by atoms with E-state index in [4.69, 9.17) is 5.14 Å². The number of carbonyl (C=O) groups is 2. The zero-order chi connectivity index (χ0) is 16.9. The van der Waals surface area contributed by atoms with Gasteiger partial charge in [0.15, 0.2) is 0 Å². The first-order valence-corrected chi connectivity index (χ1v) is 8.85. The Morgan fingerprint density at radius 3 is 2.61 bits per heavy atom. The minimum atomic E-state index is -3.72. The number of benzene rings is 1. The second-order valence-electron chi connectivity index (χ2n) is 5.36. The van der Waals surface area contributed by atoms with E-state index >= 15 is 0 Å². The van der Waals surface area contributed by atoms with Crippen molar-refractivity contribution in [1.29, 1.82) is 0 Å². The molecular formula is C14H20N4O4S. The molecule has 0 radical (unpaired) electrons. The van der Waals surface area contributed by atoms with Crippen LogP contribution in [0.1, 0.15) is 24.8 Å². The molecule has 0 bridgehead atoms. The number of amides is 3. The largest absolute Gasteiger partial charge is 0.354 e. The Morgan fingerprint density at radius 2 is 1.96 bits per heavy atom. The van der Waals surface area contributed by atoms with Gasteiger partial charge in [0.05, 0.1) is 4.90 Å². The highest BCUT2D eigenvalue weighted by Gasteiger charge is 2.22. The van der Waals surface area contributed by atoms with E-state index in [1.54, 1.807) is 12.1 Å². The van der Waals surface area contributed by atoms with E-state index in [0.717, 1.165) is 18.4 Å². The Bertz CT molecular complexity index is 673. The van der Waals surface area contributed by atoms with Crippen LogP contribution in [0.5, 0.6) is 0 Å². The van der Waals surface area contributed by atoms with Crippen LogP contribution in [0.15, 0.2) is 29.2 Å². The van der Waals surface area contributed by atoms with Crippen LogP contribution in [0, 0.1) is 0 Å². The number of rotatable bonds is 4. The van der Waals surface area contributed by atoms with Gasteiger partial charge < -0.3 is 16.0 Å². The number of hydrogen-bond donors (Lipinski definition) is 4. The Balaban J connectivity index is 1.85. The SMILES string of the molecule is NS(=O)(=O)c1ccc(CNC(=O)N[C@@H]2CCCCNC2=O)cc1. The van der Waals surface area contributed by atoms with Crippen LogP contribution >= 0.6 is 0 Å². The minimum Gasteiger partial charge on any atom is -0.354 e. The number of urea groups is 1. The van der Waals surface area contributed by atoms with E-state index in [2.05, 4.69) is 16.0 Å². The van der Waals surface area contributed by atoms with Gasteiger partial charge in [-0.3, -0.25) is 4.79 Å². The summed E-state index contributed by atoms with van der Waals surface area (Å²) in [6.07, 6.45) is 2.39. The maximum atomic E-state index is 11.9. The van der Waals surface area contributed by atoms with Gasteiger partial charge in [-0.15, -0.1) is 0 Å². The second-order valence-corrected chi connectivity index (χ2v) is 6.92. The lowest BCUT2D eigenvalue weighted by molar-refractivity contribution is -0.122. The topological polar surface area (TPSA) is 130 Å². The van der Waals surface area contributed by atoms with E-state index in [1.165, 1.54) is 12.1 Å². The predicted molar refractivity (Wildman–Crippen MR) is 83.8 cm³/mol. The molecule has 1 heterocycles. The van der Waals surface area contributed by atoms with Crippen molar-refractivity contribution in [2.24, 2.45) is 5.14 Å². The first-order chi connectivity index (χ1) is 10.9. The highest BCUT2D eigenvalue weighted by atomic mass is 32.2. The second kappa shape index (κ2) is 7.42. The number of sulfonamides is 1. The van der Waals surface area contributed by atoms with Crippen molar-refractivity contribution in [1.82, 2.24) is 16.0 Å². The standard InChI is InChI=1S/C14H20N4O4S/c15-23(21,22)11-6-4-10(5-7-11)9-17-14(20)18-12-3-1-2-8-16-13(12)19/h4-7,12H,1-3,8-9H2,(H,16,19)(H2,15,21,22)(H2,17,18,20)/t12-/m1/s1. The van der Waals surface area contributed by atoms with Crippen LogP contribution in [0.3, 0.4) is 0 Å². The van der Waals surface area contributed by atoms with Crippen molar-refractivity contribution >= 4 is 22.0 Å². The number of nitrogens with one attached hydrogen (secondary N) is 3. The monoisotopic (exact) mass is 340 g/mol. The molecule has 8 nitrogen and oxygen atoms in total. The molecule has 23 heavy (non-hydrogen) atoms. The summed E-state index contributed by atoms with van der Waals surface area (Å²) < 4.78 is 22.3. The molecule has 2 rings (SSSR count). The van der Waals surface area contributed by atoms with Crippen molar-refractivity contribution in [2.45, 2.75) is 36.7 Å². The summed E-state index contributed by atoms with van der Waals surface area (Å²) in [5, 5.41) is 13.0. The summed E-state index contributed by atoms with van der Waals surface area (Å²) in [6.45, 7) is 0.847. The van der Waals surface area contributed by atoms with E-state index in [9.17, 15) is 18.0 Å². The van der Waals surface area contributed by atoms with Gasteiger partial charge in [0.2, 0.25) is 15.9 Å². The average Bonchev–Trinajstić information content (AvgIpc) is 2.70. The molecule has 3 amide bonds. The molecule has 0 aromatic heterocycles. The van der Waals surface area contributed by atoms with Crippen molar-refractivity contribution in [3.05, 3.63) is 29.8 Å². The molecule has 1 aliphatic heterocycles. The van der Waals surface area contributed by atoms with E-state index in [0.29, 0.717) is 13.0 Å². The molecule has 0 saturated carbocycles. The van der Waals surface area contributed by atoms with Gasteiger partial charge in [-0.05, 0) is 37.0 Å². The lowest BCUT2D eigenvalue weighted by Gasteiger charge is -2.15. The van der Waals surface area contributed by atoms with Gasteiger partial charge in [0, 0.05) is 13.1 Å². The lowest BCUT2D eigenvalue weighted by Crippen LogP contribution is -2.48. The normalized spacial score (nSPS) is 18.7. The molecule has 1 aromatic rings. The van der Waals surface area contributed by atoms with Crippen LogP contribution in [0.25, 0.3) is 0 Å². The third kappa shape index (κ3) is 5.22. The molecule has 1 aromatic carbocycles. The fourth-order valence-corrected chi connectivity index (χ4v) is 2.78. The predicted octanol–water partition coefficient (Wildman–Crippen LogP) is -0.198. The zero-order valence-corrected chi connectivity index (χ0v) is 13.4. The molecule has 5 N–H and O–H groups in total. The number of hydrogen-bond acceptors (Lipinski definition) is 4. The van der Waals surface area contributed by atoms with Gasteiger partial charge in [0.1, 0.15) is 6.04 Å². The van der Waals surface area contributed by atoms with Gasteiger partial charge >= 0.3 is 6.03 Å². The smallest absolute Gasteiger partial charge is 0.315 e. The molecule has 0 unspecified atom stereocenters. The summed E-state index contributed by atoms with van der Waals surface area (Å²) in [5.74, 6) is -0.171. The maximum Gasteiger partial charge on any atom is 0.315 e. The van der Waals surface area contributed by atoms with Gasteiger partial charge in [-0.2, -0.15) is 0 Å². The van der Waals surface area contributed by atoms with E-state index in [-0.39, 0.29) is 17.3 Å². The molecule has 9 heteroatoms. The van der Waals surface area contributed by atoms with Crippen LogP contribution in [0.2, 0.25) is 0 Å². The first kappa shape index (κ1) is 17.2. The third-order valence-electron chi connectivity index (χ3n) is 3.55. The highest BCUT2D eigenvalue weighted by molar-refractivity contribution is 7.89. The Labute approximate surface area is 134 Å². The minimum absolute atomic E-state index is 0.0147. The fourth-order valence-electron chi connectivity index (χ4n) is 2.27. The Kier molecular flexibility index (Phi) is 5.56. The molecule has 126 valence electrons. The van der Waals surface area contributed by atoms with Crippen LogP contribution < -0.4 is 21.1 Å². The quantitative estimate of drug-likeness (QED) is 0.604. The fraction of sp³-hybridized carbons (Fsp3) is 0.429. The zero-order valence-electron chi connectivity index (χ0n) is 12.5. The van der Waals surface area contributed by atoms with Crippen molar-refractivity contribution < 1.29 is 18.0 Å². The first-order valence-electron chi connectivity index (χ1n) is 7.30. The van der Waals surface area contributed by atoms with Gasteiger partial charge in [0.25, 0.3) is 0 Å². The maximum absolute atomic E-state index is 11.9. The summed E-state index contributed by atoms with van der Waals surface area (Å²) in [4.78, 5) is 23.6. The lowest BCUT2D eigenvalue weighted by atomic mass is 10.1. The van der Waals surface area contributed by atoms with E-state index < -0.39 is 22.1 Å². The van der Waals surface area contributed by atoms with Crippen LogP contribution in [-0.4, -0.2) is 32.9 Å². The summed E-state index contributed by atoms with van der Waals surface area (Å²) >= 11 is 0. The molecule has 1 fully saturated rings. The molecule has 0 spiro atoms. The van der Waals surface area contributed by atoms with Crippen LogP contribution in [-0.2, 0) is 21.4 Å². The molecule has 0 aliphatic carbocycles. The van der Waals surface area contributed by atoms with Crippen LogP contribution in [0.4, 0.5) is 4.79 Å². The van der Waals surface area contributed by atoms with Crippen molar-refractivity contribution in [3.8, 4) is 0 Å². The number of carbonyl (C=O) groups excluding carboxylic acids is 2. The van der Waals surface area contributed by atoms with Gasteiger partial charge in [-0.1, -0.05) is 12.1 Å². The Morgan fingerprint density at radius 1 is 1.26 bits per heavy atom. The molecule has 1 atom stereocenters. The van der Waals surface area contributed by atoms with Crippen molar-refractivity contribution in [3.63, 3.8) is 0 Å². The number of primary sulfonamides is 1. The van der Waals surface area contributed by atoms with Gasteiger partial charge in [-0.25, -0.2) is 18.4 Å². The molecular weight excluding hydrogens is 320 g/mol. The summed E-state index contributed by atoms with van der Waals surface area (Å²) in [6, 6.07) is 4.92. The Hall–Kier alpha value is -2.13.